The van der Waals surface area contributed by atoms with Crippen molar-refractivity contribution in [2.75, 3.05) is 10.6 Å². The van der Waals surface area contributed by atoms with Gasteiger partial charge in [0.1, 0.15) is 0 Å². The van der Waals surface area contributed by atoms with Crippen LogP contribution < -0.4 is 10.6 Å². The van der Waals surface area contributed by atoms with E-state index in [2.05, 4.69) is 10.6 Å². The van der Waals surface area contributed by atoms with Gasteiger partial charge in [-0.25, -0.2) is 4.79 Å². The molecule has 1 aliphatic rings. The minimum absolute atomic E-state index is 0.136. The number of urea groups is 1. The van der Waals surface area contributed by atoms with Crippen LogP contribution in [0.1, 0.15) is 47.7 Å². The van der Waals surface area contributed by atoms with E-state index in [0.717, 1.165) is 22.8 Å². The van der Waals surface area contributed by atoms with E-state index in [1.165, 1.54) is 18.2 Å². The van der Waals surface area contributed by atoms with E-state index < -0.39 is 29.2 Å². The number of fused-ring (bicyclic) bond motifs is 1. The predicted octanol–water partition coefficient (Wildman–Crippen LogP) is 7.02. The fourth-order valence-electron chi connectivity index (χ4n) is 4.77. The monoisotopic (exact) mass is 510 g/mol. The number of aliphatic carboxylic acids is 1. The van der Waals surface area contributed by atoms with Crippen molar-refractivity contribution in [3.05, 3.63) is 83.4 Å². The number of halogens is 3. The molecule has 0 saturated heterocycles. The zero-order chi connectivity index (χ0) is 26.8. The molecule has 3 aromatic rings. The molecule has 1 aliphatic carbocycles. The Labute approximate surface area is 211 Å². The van der Waals surface area contributed by atoms with Gasteiger partial charge in [0.15, 0.2) is 5.78 Å². The molecule has 0 heterocycles. The number of carboxylic acid groups (broad SMARTS) is 1. The average Bonchev–Trinajstić information content (AvgIpc) is 2.85. The van der Waals surface area contributed by atoms with Crippen molar-refractivity contribution >= 4 is 29.2 Å². The highest BCUT2D eigenvalue weighted by atomic mass is 19.4. The molecule has 1 unspecified atom stereocenters. The van der Waals surface area contributed by atoms with Crippen LogP contribution in [0.5, 0.6) is 0 Å². The second kappa shape index (κ2) is 10.1. The maximum Gasteiger partial charge on any atom is 0.418 e. The lowest BCUT2D eigenvalue weighted by atomic mass is 9.67. The van der Waals surface area contributed by atoms with Crippen molar-refractivity contribution in [1.29, 1.82) is 0 Å². The van der Waals surface area contributed by atoms with Crippen LogP contribution in [0.2, 0.25) is 0 Å². The van der Waals surface area contributed by atoms with Crippen LogP contribution in [0.3, 0.4) is 0 Å². The summed E-state index contributed by atoms with van der Waals surface area (Å²) in [6.07, 6.45) is -3.26. The zero-order valence-electron chi connectivity index (χ0n) is 20.0. The molecule has 2 amide bonds. The Morgan fingerprint density at radius 3 is 2.30 bits per heavy atom. The molecule has 9 heteroatoms. The van der Waals surface area contributed by atoms with Crippen molar-refractivity contribution in [2.24, 2.45) is 5.41 Å². The summed E-state index contributed by atoms with van der Waals surface area (Å²) in [5.74, 6) is -1.12. The molecule has 3 N–H and O–H groups in total. The molecule has 0 bridgehead atoms. The first-order chi connectivity index (χ1) is 17.5. The molecule has 3 aromatic carbocycles. The number of hydrogen-bond donors (Lipinski definition) is 3. The summed E-state index contributed by atoms with van der Waals surface area (Å²) in [6.45, 7) is 1.84. The van der Waals surface area contributed by atoms with E-state index in [0.29, 0.717) is 30.5 Å². The third-order valence-corrected chi connectivity index (χ3v) is 6.83. The number of para-hydroxylation sites is 1. The Morgan fingerprint density at radius 2 is 1.65 bits per heavy atom. The van der Waals surface area contributed by atoms with Crippen molar-refractivity contribution in [1.82, 2.24) is 0 Å². The van der Waals surface area contributed by atoms with E-state index in [1.54, 1.807) is 36.4 Å². The third-order valence-electron chi connectivity index (χ3n) is 6.83. The van der Waals surface area contributed by atoms with Gasteiger partial charge in [-0.05, 0) is 60.2 Å². The number of ketones is 1. The van der Waals surface area contributed by atoms with Crippen molar-refractivity contribution in [3.8, 4) is 11.1 Å². The van der Waals surface area contributed by atoms with Crippen molar-refractivity contribution in [3.63, 3.8) is 0 Å². The number of aryl methyl sites for hydroxylation is 1. The molecule has 0 radical (unpaired) electrons. The van der Waals surface area contributed by atoms with Crippen LogP contribution in [-0.4, -0.2) is 22.9 Å². The first kappa shape index (κ1) is 25.9. The summed E-state index contributed by atoms with van der Waals surface area (Å²) in [5, 5.41) is 14.0. The van der Waals surface area contributed by atoms with Gasteiger partial charge in [-0.3, -0.25) is 9.59 Å². The van der Waals surface area contributed by atoms with Crippen LogP contribution in [-0.2, 0) is 17.4 Å². The van der Waals surface area contributed by atoms with E-state index >= 15 is 0 Å². The van der Waals surface area contributed by atoms with Crippen LogP contribution >= 0.6 is 0 Å². The Balaban J connectivity index is 1.47. The highest BCUT2D eigenvalue weighted by Gasteiger charge is 2.42. The van der Waals surface area contributed by atoms with Gasteiger partial charge in [-0.15, -0.1) is 0 Å². The largest absolute Gasteiger partial charge is 0.481 e. The Bertz CT molecular complexity index is 1350. The quantitative estimate of drug-likeness (QED) is 0.332. The van der Waals surface area contributed by atoms with E-state index in [9.17, 15) is 32.7 Å². The molecule has 6 nitrogen and oxygen atoms in total. The first-order valence-electron chi connectivity index (χ1n) is 11.8. The lowest BCUT2D eigenvalue weighted by molar-refractivity contribution is -0.139. The maximum absolute atomic E-state index is 13.2. The van der Waals surface area contributed by atoms with Gasteiger partial charge in [-0.2, -0.15) is 13.2 Å². The highest BCUT2D eigenvalue weighted by Crippen LogP contribution is 2.42. The lowest BCUT2D eigenvalue weighted by Gasteiger charge is -2.35. The summed E-state index contributed by atoms with van der Waals surface area (Å²) >= 11 is 0. The third kappa shape index (κ3) is 5.50. The Kier molecular flexibility index (Phi) is 7.07. The molecule has 192 valence electrons. The number of benzene rings is 3. The standard InChI is InChI=1S/C28H25F3N2O4/c1-2-27(16-24(34)35)14-13-19-15-18(9-12-21(19)25(27)36)17-7-10-20(11-8-17)32-26(37)33-23-6-4-3-5-22(23)28(29,30)31/h3-12,15H,2,13-14,16H2,1H3,(H,34,35)(H2,32,33,37). The van der Waals surface area contributed by atoms with Gasteiger partial charge in [0.25, 0.3) is 0 Å². The molecule has 0 fully saturated rings. The molecule has 37 heavy (non-hydrogen) atoms. The van der Waals surface area contributed by atoms with Gasteiger partial charge in [0, 0.05) is 16.7 Å². The molecule has 0 aliphatic heterocycles. The highest BCUT2D eigenvalue weighted by molar-refractivity contribution is 6.04. The summed E-state index contributed by atoms with van der Waals surface area (Å²) in [5.41, 5.74) is 1.31. The topological polar surface area (TPSA) is 95.5 Å². The van der Waals surface area contributed by atoms with Crippen LogP contribution in [0.15, 0.2) is 66.7 Å². The predicted molar refractivity (Wildman–Crippen MR) is 134 cm³/mol. The van der Waals surface area contributed by atoms with Gasteiger partial charge in [0.2, 0.25) is 0 Å². The zero-order valence-corrected chi connectivity index (χ0v) is 20.0. The summed E-state index contributed by atoms with van der Waals surface area (Å²) in [6, 6.07) is 16.1. The molecule has 0 spiro atoms. The lowest BCUT2D eigenvalue weighted by Crippen LogP contribution is -2.37. The molecule has 0 aromatic heterocycles. The van der Waals surface area contributed by atoms with Crippen LogP contribution in [0.4, 0.5) is 29.3 Å². The second-order valence-electron chi connectivity index (χ2n) is 9.11. The number of anilines is 2. The number of nitrogens with one attached hydrogen (secondary N) is 2. The number of carboxylic acids is 1. The second-order valence-corrected chi connectivity index (χ2v) is 9.11. The molecule has 0 saturated carbocycles. The van der Waals surface area contributed by atoms with Crippen molar-refractivity contribution in [2.45, 2.75) is 38.8 Å². The fourth-order valence-corrected chi connectivity index (χ4v) is 4.77. The van der Waals surface area contributed by atoms with E-state index in [4.69, 9.17) is 0 Å². The minimum atomic E-state index is -4.60. The SMILES string of the molecule is CCC1(CC(=O)O)CCc2cc(-c3ccc(NC(=O)Nc4ccccc4C(F)(F)F)cc3)ccc2C1=O. The van der Waals surface area contributed by atoms with Crippen molar-refractivity contribution < 1.29 is 32.7 Å². The maximum atomic E-state index is 13.2. The number of rotatable bonds is 6. The van der Waals surface area contributed by atoms with E-state index in [1.807, 2.05) is 13.0 Å². The van der Waals surface area contributed by atoms with E-state index in [-0.39, 0.29) is 17.9 Å². The summed E-state index contributed by atoms with van der Waals surface area (Å²) in [4.78, 5) is 36.8. The summed E-state index contributed by atoms with van der Waals surface area (Å²) < 4.78 is 39.5. The molecule has 1 atom stereocenters. The molecular formula is C28H25F3N2O4. The smallest absolute Gasteiger partial charge is 0.418 e. The minimum Gasteiger partial charge on any atom is -0.481 e. The molecule has 4 rings (SSSR count). The number of alkyl halides is 3. The Morgan fingerprint density at radius 1 is 0.973 bits per heavy atom. The average molecular weight is 511 g/mol. The Hall–Kier alpha value is -4.14. The number of carbonyl (C=O) groups is 3. The van der Waals surface area contributed by atoms with Gasteiger partial charge in [-0.1, -0.05) is 49.4 Å². The normalized spacial score (nSPS) is 17.1. The van der Waals surface area contributed by atoms with Crippen LogP contribution in [0.25, 0.3) is 11.1 Å². The first-order valence-corrected chi connectivity index (χ1v) is 11.8. The molecular weight excluding hydrogens is 485 g/mol. The van der Waals surface area contributed by atoms with Crippen LogP contribution in [0, 0.1) is 5.41 Å². The number of Topliss-reactive ketones (excluding diaryl/α,β-unsaturated/α-hetero) is 1. The fraction of sp³-hybridized carbons (Fsp3) is 0.250. The van der Waals surface area contributed by atoms with Gasteiger partial charge < -0.3 is 15.7 Å². The number of carbonyl (C=O) groups excluding carboxylic acids is 2. The number of amides is 2. The van der Waals surface area contributed by atoms with Gasteiger partial charge >= 0.3 is 18.2 Å². The summed E-state index contributed by atoms with van der Waals surface area (Å²) in [7, 11) is 0. The van der Waals surface area contributed by atoms with Gasteiger partial charge in [0.05, 0.1) is 17.7 Å². The number of hydrogen-bond acceptors (Lipinski definition) is 3.